The zero-order valence-corrected chi connectivity index (χ0v) is 19.8. The summed E-state index contributed by atoms with van der Waals surface area (Å²) >= 11 is 1.31. The van der Waals surface area contributed by atoms with Crippen molar-refractivity contribution in [2.45, 2.75) is 19.4 Å². The summed E-state index contributed by atoms with van der Waals surface area (Å²) in [4.78, 5) is 32.6. The van der Waals surface area contributed by atoms with Crippen molar-refractivity contribution >= 4 is 44.1 Å². The molecule has 5 rings (SSSR count). The number of rotatable bonds is 5. The Hall–Kier alpha value is -4.04. The minimum atomic E-state index is -0.943. The number of carbonyl (C=O) groups is 2. The second-order valence-electron chi connectivity index (χ2n) is 8.10. The molecule has 1 N–H and O–H groups in total. The van der Waals surface area contributed by atoms with Crippen molar-refractivity contribution in [1.82, 2.24) is 4.98 Å². The Morgan fingerprint density at radius 2 is 1.89 bits per heavy atom. The van der Waals surface area contributed by atoms with Crippen molar-refractivity contribution in [1.29, 1.82) is 0 Å². The van der Waals surface area contributed by atoms with Crippen LogP contribution < -0.4 is 9.64 Å². The van der Waals surface area contributed by atoms with E-state index < -0.39 is 23.5 Å². The first-order valence-electron chi connectivity index (χ1n) is 11.0. The van der Waals surface area contributed by atoms with Crippen LogP contribution in [-0.4, -0.2) is 28.9 Å². The van der Waals surface area contributed by atoms with Gasteiger partial charge in [-0.05, 0) is 66.1 Å². The van der Waals surface area contributed by atoms with E-state index in [0.29, 0.717) is 22.0 Å². The molecule has 35 heavy (non-hydrogen) atoms. The lowest BCUT2D eigenvalue weighted by Crippen LogP contribution is -2.29. The Balaban J connectivity index is 1.72. The van der Waals surface area contributed by atoms with Gasteiger partial charge in [-0.15, -0.1) is 0 Å². The van der Waals surface area contributed by atoms with Gasteiger partial charge < -0.3 is 9.84 Å². The number of Topliss-reactive ketones (excluding diaryl/α,β-unsaturated/α-hetero) is 1. The largest absolute Gasteiger partial charge is 0.507 e. The molecule has 6 nitrogen and oxygen atoms in total. The summed E-state index contributed by atoms with van der Waals surface area (Å²) in [5, 5.41) is 11.5. The summed E-state index contributed by atoms with van der Waals surface area (Å²) in [7, 11) is 1.52. The SMILES string of the molecule is CCc1ccc2nc(N3C(=O)C(=O)C(=C(O)c4ccc(F)cc4)[C@@H]3c3cccc(OC)c3)sc2c1. The molecule has 176 valence electrons. The highest BCUT2D eigenvalue weighted by molar-refractivity contribution is 7.22. The molecule has 0 saturated carbocycles. The standard InChI is InChI=1S/C27H21FN2O4S/c1-3-15-7-12-20-21(13-15)35-27(29-20)30-23(17-5-4-6-19(14-17)34-2)22(25(32)26(30)33)24(31)16-8-10-18(28)11-9-16/h4-14,23,31H,3H2,1-2H3/t23-/m0/s1. The molecule has 1 aliphatic heterocycles. The molecular formula is C27H21FN2O4S. The molecule has 0 radical (unpaired) electrons. The Labute approximate surface area is 204 Å². The topological polar surface area (TPSA) is 79.7 Å². The molecule has 4 aromatic rings. The number of aliphatic hydroxyl groups excluding tert-OH is 1. The normalized spacial score (nSPS) is 17.3. The highest BCUT2D eigenvalue weighted by atomic mass is 32.1. The van der Waals surface area contributed by atoms with E-state index in [2.05, 4.69) is 11.9 Å². The number of anilines is 1. The minimum Gasteiger partial charge on any atom is -0.507 e. The van der Waals surface area contributed by atoms with Crippen molar-refractivity contribution in [3.05, 3.63) is 94.8 Å². The number of hydrogen-bond acceptors (Lipinski definition) is 6. The number of amides is 1. The predicted molar refractivity (Wildman–Crippen MR) is 133 cm³/mol. The van der Waals surface area contributed by atoms with Crippen molar-refractivity contribution in [3.8, 4) is 5.75 Å². The number of ketones is 1. The molecule has 1 amide bonds. The highest BCUT2D eigenvalue weighted by Gasteiger charge is 2.48. The minimum absolute atomic E-state index is 0.0941. The first kappa shape index (κ1) is 22.7. The van der Waals surface area contributed by atoms with Crippen LogP contribution in [0.4, 0.5) is 9.52 Å². The molecule has 1 aliphatic rings. The summed E-state index contributed by atoms with van der Waals surface area (Å²) in [6, 6.07) is 17.0. The average Bonchev–Trinajstić information content (AvgIpc) is 3.41. The van der Waals surface area contributed by atoms with Crippen LogP contribution in [0.5, 0.6) is 5.75 Å². The quantitative estimate of drug-likeness (QED) is 0.224. The maximum atomic E-state index is 13.5. The maximum Gasteiger partial charge on any atom is 0.301 e. The fourth-order valence-corrected chi connectivity index (χ4v) is 5.26. The molecule has 1 atom stereocenters. The molecule has 1 fully saturated rings. The van der Waals surface area contributed by atoms with E-state index in [1.54, 1.807) is 24.3 Å². The van der Waals surface area contributed by atoms with E-state index in [9.17, 15) is 19.1 Å². The van der Waals surface area contributed by atoms with Gasteiger partial charge in [0.1, 0.15) is 17.3 Å². The van der Waals surface area contributed by atoms with Gasteiger partial charge in [0.15, 0.2) is 5.13 Å². The molecule has 0 spiro atoms. The number of nitrogens with zero attached hydrogens (tertiary/aromatic N) is 2. The van der Waals surface area contributed by atoms with Crippen LogP contribution >= 0.6 is 11.3 Å². The van der Waals surface area contributed by atoms with Crippen LogP contribution in [0.25, 0.3) is 16.0 Å². The zero-order chi connectivity index (χ0) is 24.7. The number of benzene rings is 3. The van der Waals surface area contributed by atoms with E-state index in [0.717, 1.165) is 16.7 Å². The summed E-state index contributed by atoms with van der Waals surface area (Å²) < 4.78 is 19.7. The molecule has 0 aliphatic carbocycles. The van der Waals surface area contributed by atoms with Gasteiger partial charge in [-0.3, -0.25) is 14.5 Å². The Kier molecular flexibility index (Phi) is 5.82. The number of fused-ring (bicyclic) bond motifs is 1. The number of carbonyl (C=O) groups excluding carboxylic acids is 2. The van der Waals surface area contributed by atoms with E-state index >= 15 is 0 Å². The van der Waals surface area contributed by atoms with Crippen LogP contribution in [0.1, 0.15) is 29.7 Å². The van der Waals surface area contributed by atoms with Crippen molar-refractivity contribution in [2.75, 3.05) is 12.0 Å². The molecular weight excluding hydrogens is 467 g/mol. The number of hydrogen-bond donors (Lipinski definition) is 1. The number of thiazole rings is 1. The van der Waals surface area contributed by atoms with Crippen LogP contribution in [0.15, 0.2) is 72.3 Å². The number of aryl methyl sites for hydroxylation is 1. The first-order chi connectivity index (χ1) is 16.9. The third-order valence-corrected chi connectivity index (χ3v) is 7.04. The second-order valence-corrected chi connectivity index (χ2v) is 9.11. The third kappa shape index (κ3) is 3.95. The van der Waals surface area contributed by atoms with Gasteiger partial charge in [0.05, 0.1) is 28.9 Å². The molecule has 0 bridgehead atoms. The number of ether oxygens (including phenoxy) is 1. The zero-order valence-electron chi connectivity index (χ0n) is 19.0. The number of aliphatic hydroxyl groups is 1. The smallest absolute Gasteiger partial charge is 0.301 e. The van der Waals surface area contributed by atoms with Gasteiger partial charge in [0, 0.05) is 5.56 Å². The van der Waals surface area contributed by atoms with Gasteiger partial charge in [0.2, 0.25) is 0 Å². The van der Waals surface area contributed by atoms with Crippen molar-refractivity contribution in [3.63, 3.8) is 0 Å². The fourth-order valence-electron chi connectivity index (χ4n) is 4.20. The van der Waals surface area contributed by atoms with Gasteiger partial charge in [-0.2, -0.15) is 0 Å². The van der Waals surface area contributed by atoms with Gasteiger partial charge in [-0.25, -0.2) is 9.37 Å². The number of aromatic nitrogens is 1. The third-order valence-electron chi connectivity index (χ3n) is 6.03. The Morgan fingerprint density at radius 1 is 1.11 bits per heavy atom. The summed E-state index contributed by atoms with van der Waals surface area (Å²) in [6.07, 6.45) is 0.856. The van der Waals surface area contributed by atoms with Gasteiger partial charge in [0.25, 0.3) is 5.78 Å². The molecule has 1 aromatic heterocycles. The summed E-state index contributed by atoms with van der Waals surface area (Å²) in [5.74, 6) is -1.96. The molecule has 0 unspecified atom stereocenters. The van der Waals surface area contributed by atoms with Gasteiger partial charge in [-0.1, -0.05) is 36.5 Å². The van der Waals surface area contributed by atoms with E-state index in [-0.39, 0.29) is 16.9 Å². The van der Waals surface area contributed by atoms with Crippen LogP contribution in [0, 0.1) is 5.82 Å². The maximum absolute atomic E-state index is 13.5. The lowest BCUT2D eigenvalue weighted by molar-refractivity contribution is -0.132. The monoisotopic (exact) mass is 488 g/mol. The summed E-state index contributed by atoms with van der Waals surface area (Å²) in [6.45, 7) is 2.06. The highest BCUT2D eigenvalue weighted by Crippen LogP contribution is 2.44. The summed E-state index contributed by atoms with van der Waals surface area (Å²) in [5.41, 5.74) is 2.56. The molecule has 3 aromatic carbocycles. The van der Waals surface area contributed by atoms with Crippen LogP contribution in [-0.2, 0) is 16.0 Å². The molecule has 1 saturated heterocycles. The van der Waals surface area contributed by atoms with Crippen LogP contribution in [0.2, 0.25) is 0 Å². The number of methoxy groups -OCH3 is 1. The molecule has 2 heterocycles. The predicted octanol–water partition coefficient (Wildman–Crippen LogP) is 5.63. The molecule has 8 heteroatoms. The Bertz CT molecular complexity index is 1490. The average molecular weight is 489 g/mol. The Morgan fingerprint density at radius 3 is 2.60 bits per heavy atom. The first-order valence-corrected chi connectivity index (χ1v) is 11.8. The van der Waals surface area contributed by atoms with Crippen LogP contribution in [0.3, 0.4) is 0 Å². The lowest BCUT2D eigenvalue weighted by Gasteiger charge is -2.23. The second kappa shape index (κ2) is 8.96. The van der Waals surface area contributed by atoms with E-state index in [4.69, 9.17) is 4.74 Å². The van der Waals surface area contributed by atoms with E-state index in [1.807, 2.05) is 18.2 Å². The number of halogens is 1. The van der Waals surface area contributed by atoms with E-state index in [1.165, 1.54) is 47.6 Å². The lowest BCUT2D eigenvalue weighted by atomic mass is 9.95. The fraction of sp³-hybridized carbons (Fsp3) is 0.148. The van der Waals surface area contributed by atoms with Crippen molar-refractivity contribution in [2.24, 2.45) is 0 Å². The van der Waals surface area contributed by atoms with Gasteiger partial charge >= 0.3 is 5.91 Å². The van der Waals surface area contributed by atoms with Crippen molar-refractivity contribution < 1.29 is 23.8 Å².